The highest BCUT2D eigenvalue weighted by Crippen LogP contribution is 2.29. The van der Waals surface area contributed by atoms with Gasteiger partial charge in [-0.05, 0) is 39.0 Å². The molecule has 0 aromatic carbocycles. The summed E-state index contributed by atoms with van der Waals surface area (Å²) in [7, 11) is 0. The van der Waals surface area contributed by atoms with E-state index in [9.17, 15) is 4.79 Å². The highest BCUT2D eigenvalue weighted by Gasteiger charge is 2.26. The van der Waals surface area contributed by atoms with Crippen molar-refractivity contribution in [2.24, 2.45) is 5.92 Å². The van der Waals surface area contributed by atoms with Crippen LogP contribution in [0.25, 0.3) is 0 Å². The maximum Gasteiger partial charge on any atom is 0.222 e. The average molecular weight is 331 g/mol. The Balaban J connectivity index is 1.50. The molecule has 1 saturated heterocycles. The molecule has 1 unspecified atom stereocenters. The first-order chi connectivity index (χ1) is 11.6. The number of carbonyl (C=O) groups excluding carboxylic acids is 1. The van der Waals surface area contributed by atoms with E-state index in [1.54, 1.807) is 0 Å². The quantitative estimate of drug-likeness (QED) is 0.829. The summed E-state index contributed by atoms with van der Waals surface area (Å²) >= 11 is 0. The minimum Gasteiger partial charge on any atom is -0.472 e. The van der Waals surface area contributed by atoms with Gasteiger partial charge in [-0.3, -0.25) is 4.79 Å². The fourth-order valence-electron chi connectivity index (χ4n) is 3.96. The van der Waals surface area contributed by atoms with E-state index in [0.29, 0.717) is 24.8 Å². The fourth-order valence-corrected chi connectivity index (χ4v) is 3.96. The van der Waals surface area contributed by atoms with Gasteiger partial charge in [-0.15, -0.1) is 0 Å². The van der Waals surface area contributed by atoms with E-state index in [1.165, 1.54) is 25.7 Å². The van der Waals surface area contributed by atoms with Crippen molar-refractivity contribution >= 4 is 5.91 Å². The molecule has 1 amide bonds. The van der Waals surface area contributed by atoms with Crippen LogP contribution in [-0.2, 0) is 4.79 Å². The van der Waals surface area contributed by atoms with Crippen LogP contribution in [0.3, 0.4) is 0 Å². The first-order valence-corrected chi connectivity index (χ1v) is 9.37. The lowest BCUT2D eigenvalue weighted by Gasteiger charge is -2.33. The molecule has 1 aromatic heterocycles. The number of nitrogens with zero attached hydrogens (tertiary/aromatic N) is 3. The predicted octanol–water partition coefficient (Wildman–Crippen LogP) is 3.43. The first kappa shape index (κ1) is 17.2. The third-order valence-electron chi connectivity index (χ3n) is 5.20. The zero-order valence-electron chi connectivity index (χ0n) is 15.0. The summed E-state index contributed by atoms with van der Waals surface area (Å²) in [5.41, 5.74) is 0.915. The minimum absolute atomic E-state index is 0.0443. The van der Waals surface area contributed by atoms with Crippen LogP contribution in [0, 0.1) is 19.8 Å². The summed E-state index contributed by atoms with van der Waals surface area (Å²) < 4.78 is 6.03. The number of hydrogen-bond donors (Lipinski definition) is 0. The van der Waals surface area contributed by atoms with E-state index in [0.717, 1.165) is 43.2 Å². The maximum atomic E-state index is 12.5. The molecule has 5 nitrogen and oxygen atoms in total. The summed E-state index contributed by atoms with van der Waals surface area (Å²) in [5, 5.41) is 0. The van der Waals surface area contributed by atoms with Gasteiger partial charge in [-0.25, -0.2) is 4.98 Å². The number of likely N-dealkylation sites (tertiary alicyclic amines) is 1. The van der Waals surface area contributed by atoms with Gasteiger partial charge in [-0.1, -0.05) is 25.7 Å². The Morgan fingerprint density at radius 2 is 2.00 bits per heavy atom. The highest BCUT2D eigenvalue weighted by molar-refractivity contribution is 5.76. The molecule has 1 saturated carbocycles. The maximum absolute atomic E-state index is 12.5. The third kappa shape index (κ3) is 4.68. The van der Waals surface area contributed by atoms with Crippen molar-refractivity contribution in [3.8, 4) is 5.88 Å². The molecule has 5 heteroatoms. The van der Waals surface area contributed by atoms with Crippen molar-refractivity contribution in [2.75, 3.05) is 13.1 Å². The predicted molar refractivity (Wildman–Crippen MR) is 92.9 cm³/mol. The number of ether oxygens (including phenoxy) is 1. The van der Waals surface area contributed by atoms with Crippen LogP contribution in [0.2, 0.25) is 0 Å². The van der Waals surface area contributed by atoms with Crippen molar-refractivity contribution in [3.63, 3.8) is 0 Å². The number of hydrogen-bond acceptors (Lipinski definition) is 4. The smallest absolute Gasteiger partial charge is 0.222 e. The number of rotatable bonds is 5. The largest absolute Gasteiger partial charge is 0.472 e. The van der Waals surface area contributed by atoms with Crippen LogP contribution in [0.15, 0.2) is 6.07 Å². The summed E-state index contributed by atoms with van der Waals surface area (Å²) in [6, 6.07) is 1.87. The summed E-state index contributed by atoms with van der Waals surface area (Å²) in [4.78, 5) is 23.1. The number of aromatic nitrogens is 2. The Morgan fingerprint density at radius 1 is 1.21 bits per heavy atom. The molecule has 2 fully saturated rings. The first-order valence-electron chi connectivity index (χ1n) is 9.37. The molecular formula is C19H29N3O2. The van der Waals surface area contributed by atoms with Crippen LogP contribution >= 0.6 is 0 Å². The molecule has 1 aliphatic heterocycles. The Hall–Kier alpha value is -1.65. The van der Waals surface area contributed by atoms with Crippen molar-refractivity contribution < 1.29 is 9.53 Å². The lowest BCUT2D eigenvalue weighted by atomic mass is 10.0. The molecular weight excluding hydrogens is 302 g/mol. The van der Waals surface area contributed by atoms with Crippen LogP contribution < -0.4 is 4.74 Å². The number of carbonyl (C=O) groups is 1. The van der Waals surface area contributed by atoms with Crippen molar-refractivity contribution in [3.05, 3.63) is 17.6 Å². The van der Waals surface area contributed by atoms with E-state index < -0.39 is 0 Å². The van der Waals surface area contributed by atoms with Gasteiger partial charge in [0.2, 0.25) is 11.8 Å². The fraction of sp³-hybridized carbons (Fsp3) is 0.737. The molecule has 3 rings (SSSR count). The highest BCUT2D eigenvalue weighted by atomic mass is 16.5. The van der Waals surface area contributed by atoms with Gasteiger partial charge in [0.05, 0.1) is 6.54 Å². The summed E-state index contributed by atoms with van der Waals surface area (Å²) in [5.74, 6) is 2.43. The number of piperidine rings is 1. The third-order valence-corrected chi connectivity index (χ3v) is 5.20. The van der Waals surface area contributed by atoms with Crippen LogP contribution in [0.1, 0.15) is 62.9 Å². The number of aryl methyl sites for hydroxylation is 2. The second-order valence-electron chi connectivity index (χ2n) is 7.31. The molecule has 0 radical (unpaired) electrons. The van der Waals surface area contributed by atoms with Gasteiger partial charge in [0.15, 0.2) is 0 Å². The van der Waals surface area contributed by atoms with Gasteiger partial charge in [0, 0.05) is 24.7 Å². The van der Waals surface area contributed by atoms with E-state index in [1.807, 2.05) is 24.8 Å². The van der Waals surface area contributed by atoms with Gasteiger partial charge in [0.1, 0.15) is 11.9 Å². The molecule has 0 spiro atoms. The monoisotopic (exact) mass is 331 g/mol. The van der Waals surface area contributed by atoms with Gasteiger partial charge in [-0.2, -0.15) is 4.98 Å². The second-order valence-corrected chi connectivity index (χ2v) is 7.31. The van der Waals surface area contributed by atoms with E-state index in [4.69, 9.17) is 4.74 Å². The molecule has 0 N–H and O–H groups in total. The van der Waals surface area contributed by atoms with Crippen LogP contribution in [0.4, 0.5) is 0 Å². The molecule has 1 aliphatic carbocycles. The Bertz CT molecular complexity index is 549. The molecule has 0 bridgehead atoms. The normalized spacial score (nSPS) is 21.9. The van der Waals surface area contributed by atoms with Gasteiger partial charge >= 0.3 is 0 Å². The van der Waals surface area contributed by atoms with Crippen LogP contribution in [0.5, 0.6) is 5.88 Å². The van der Waals surface area contributed by atoms with Gasteiger partial charge < -0.3 is 9.64 Å². The zero-order valence-corrected chi connectivity index (χ0v) is 15.0. The second kappa shape index (κ2) is 7.95. The molecule has 2 aliphatic rings. The zero-order chi connectivity index (χ0) is 16.9. The van der Waals surface area contributed by atoms with Gasteiger partial charge in [0.25, 0.3) is 0 Å². The van der Waals surface area contributed by atoms with Crippen molar-refractivity contribution in [2.45, 2.75) is 71.3 Å². The lowest BCUT2D eigenvalue weighted by molar-refractivity contribution is -0.134. The van der Waals surface area contributed by atoms with Crippen molar-refractivity contribution in [1.29, 1.82) is 0 Å². The van der Waals surface area contributed by atoms with E-state index in [2.05, 4.69) is 9.97 Å². The van der Waals surface area contributed by atoms with Crippen LogP contribution in [-0.4, -0.2) is 40.0 Å². The molecule has 2 heterocycles. The van der Waals surface area contributed by atoms with E-state index in [-0.39, 0.29) is 6.10 Å². The summed E-state index contributed by atoms with van der Waals surface area (Å²) in [6.07, 6.45) is 9.09. The number of amides is 1. The summed E-state index contributed by atoms with van der Waals surface area (Å²) in [6.45, 7) is 5.37. The Kier molecular flexibility index (Phi) is 5.69. The standard InChI is InChI=1S/C19H29N3O2/c1-14-12-18(21-15(2)20-14)24-17-8-5-11-22(13-17)19(23)10-9-16-6-3-4-7-16/h12,16-17H,3-11,13H2,1-2H3. The SMILES string of the molecule is Cc1cc(OC2CCCN(C(=O)CCC3CCCC3)C2)nc(C)n1. The Labute approximate surface area is 144 Å². The van der Waals surface area contributed by atoms with Crippen molar-refractivity contribution in [1.82, 2.24) is 14.9 Å². The molecule has 1 atom stereocenters. The minimum atomic E-state index is 0.0443. The van der Waals surface area contributed by atoms with E-state index >= 15 is 0 Å². The Morgan fingerprint density at radius 3 is 2.75 bits per heavy atom. The topological polar surface area (TPSA) is 55.3 Å². The molecule has 24 heavy (non-hydrogen) atoms. The lowest BCUT2D eigenvalue weighted by Crippen LogP contribution is -2.44. The molecule has 132 valence electrons. The molecule has 1 aromatic rings. The average Bonchev–Trinajstić information content (AvgIpc) is 3.05.